The molecule has 2 amide bonds. The van der Waals surface area contributed by atoms with Crippen molar-refractivity contribution < 1.29 is 22.8 Å². The summed E-state index contributed by atoms with van der Waals surface area (Å²) in [5.41, 5.74) is -0.0125. The average molecular weight is 416 g/mol. The lowest BCUT2D eigenvalue weighted by molar-refractivity contribution is -0.165. The lowest BCUT2D eigenvalue weighted by atomic mass is 9.83. The van der Waals surface area contributed by atoms with E-state index in [1.165, 1.54) is 12.1 Å². The quantitative estimate of drug-likeness (QED) is 0.724. The first-order chi connectivity index (χ1) is 14.3. The van der Waals surface area contributed by atoms with Crippen LogP contribution in [0.25, 0.3) is 0 Å². The molecule has 1 N–H and O–H groups in total. The van der Waals surface area contributed by atoms with Crippen LogP contribution in [0.4, 0.5) is 13.2 Å². The number of β-lactam (4-membered cyclic amide) rings is 1. The molecule has 2 aromatic rings. The molecule has 0 radical (unpaired) electrons. The van der Waals surface area contributed by atoms with Gasteiger partial charge in [-0.1, -0.05) is 55.3 Å². The van der Waals surface area contributed by atoms with E-state index in [2.05, 4.69) is 5.32 Å². The van der Waals surface area contributed by atoms with Gasteiger partial charge in [0.2, 0.25) is 11.8 Å². The maximum atomic E-state index is 13.2. The number of benzene rings is 2. The Morgan fingerprint density at radius 3 is 2.23 bits per heavy atom. The predicted octanol–water partition coefficient (Wildman–Crippen LogP) is 4.61. The van der Waals surface area contributed by atoms with E-state index in [1.54, 1.807) is 4.90 Å². The molecule has 2 fully saturated rings. The van der Waals surface area contributed by atoms with Crippen LogP contribution in [0.3, 0.4) is 0 Å². The van der Waals surface area contributed by atoms with Gasteiger partial charge in [-0.2, -0.15) is 13.2 Å². The van der Waals surface area contributed by atoms with E-state index in [1.807, 2.05) is 30.3 Å². The second kappa shape index (κ2) is 7.78. The first kappa shape index (κ1) is 20.4. The highest BCUT2D eigenvalue weighted by Crippen LogP contribution is 2.47. The maximum Gasteiger partial charge on any atom is 0.416 e. The van der Waals surface area contributed by atoms with Crippen molar-refractivity contribution in [2.24, 2.45) is 0 Å². The molecule has 30 heavy (non-hydrogen) atoms. The van der Waals surface area contributed by atoms with Gasteiger partial charge in [0.25, 0.3) is 0 Å². The minimum Gasteiger partial charge on any atom is -0.350 e. The number of hydrogen-bond donors (Lipinski definition) is 1. The molecule has 1 heterocycles. The molecule has 0 aromatic heterocycles. The van der Waals surface area contributed by atoms with E-state index >= 15 is 0 Å². The van der Waals surface area contributed by atoms with Crippen LogP contribution >= 0.6 is 0 Å². The van der Waals surface area contributed by atoms with Gasteiger partial charge in [0.15, 0.2) is 0 Å². The molecule has 1 atom stereocenters. The van der Waals surface area contributed by atoms with Gasteiger partial charge in [-0.3, -0.25) is 9.59 Å². The van der Waals surface area contributed by atoms with Crippen LogP contribution in [0.1, 0.15) is 54.8 Å². The van der Waals surface area contributed by atoms with Crippen molar-refractivity contribution in [2.75, 3.05) is 0 Å². The number of hydrogen-bond acceptors (Lipinski definition) is 2. The van der Waals surface area contributed by atoms with Gasteiger partial charge in [-0.15, -0.1) is 0 Å². The van der Waals surface area contributed by atoms with Gasteiger partial charge >= 0.3 is 6.18 Å². The summed E-state index contributed by atoms with van der Waals surface area (Å²) in [4.78, 5) is 27.5. The van der Waals surface area contributed by atoms with Crippen LogP contribution < -0.4 is 5.32 Å². The van der Waals surface area contributed by atoms with Gasteiger partial charge in [0, 0.05) is 6.54 Å². The Kier molecular flexibility index (Phi) is 5.30. The van der Waals surface area contributed by atoms with Gasteiger partial charge in [-0.25, -0.2) is 0 Å². The fraction of sp³-hybridized carbons (Fsp3) is 0.391. The van der Waals surface area contributed by atoms with Crippen molar-refractivity contribution in [3.63, 3.8) is 0 Å². The van der Waals surface area contributed by atoms with Crippen LogP contribution in [-0.4, -0.2) is 22.3 Å². The van der Waals surface area contributed by atoms with Crippen LogP contribution in [-0.2, 0) is 22.3 Å². The summed E-state index contributed by atoms with van der Waals surface area (Å²) in [5.74, 6) is -0.260. The average Bonchev–Trinajstić information content (AvgIpc) is 3.20. The number of likely N-dealkylation sites (tertiary alicyclic amines) is 1. The van der Waals surface area contributed by atoms with Crippen molar-refractivity contribution in [1.29, 1.82) is 0 Å². The number of nitrogens with zero attached hydrogens (tertiary/aromatic N) is 1. The number of amides is 2. The van der Waals surface area contributed by atoms with Gasteiger partial charge in [-0.05, 0) is 36.1 Å². The third-order valence-electron chi connectivity index (χ3n) is 6.18. The van der Waals surface area contributed by atoms with E-state index in [0.29, 0.717) is 24.8 Å². The summed E-state index contributed by atoms with van der Waals surface area (Å²) in [6, 6.07) is 14.3. The summed E-state index contributed by atoms with van der Waals surface area (Å²) < 4.78 is 38.2. The van der Waals surface area contributed by atoms with Crippen LogP contribution in [0.15, 0.2) is 54.6 Å². The second-order valence-electron chi connectivity index (χ2n) is 8.01. The SMILES string of the molecule is O=C1CC(c2ccccc2)N1C1(C(=O)NCc2ccc(C(F)(F)F)cc2)CCCC1. The fourth-order valence-electron chi connectivity index (χ4n) is 4.59. The Bertz CT molecular complexity index is 920. The molecular weight excluding hydrogens is 393 g/mol. The molecule has 1 unspecified atom stereocenters. The third-order valence-corrected chi connectivity index (χ3v) is 6.18. The zero-order valence-corrected chi connectivity index (χ0v) is 16.4. The minimum absolute atomic E-state index is 0.0320. The summed E-state index contributed by atoms with van der Waals surface area (Å²) in [7, 11) is 0. The molecule has 7 heteroatoms. The highest BCUT2D eigenvalue weighted by molar-refractivity contribution is 5.95. The summed E-state index contributed by atoms with van der Waals surface area (Å²) in [6.07, 6.45) is -1.09. The molecule has 158 valence electrons. The molecule has 4 nitrogen and oxygen atoms in total. The van der Waals surface area contributed by atoms with Gasteiger partial charge in [0.1, 0.15) is 5.54 Å². The van der Waals surface area contributed by atoms with E-state index in [0.717, 1.165) is 30.5 Å². The Morgan fingerprint density at radius 1 is 1.03 bits per heavy atom. The van der Waals surface area contributed by atoms with E-state index < -0.39 is 17.3 Å². The van der Waals surface area contributed by atoms with Crippen molar-refractivity contribution in [3.05, 3.63) is 71.3 Å². The maximum absolute atomic E-state index is 13.2. The van der Waals surface area contributed by atoms with Crippen LogP contribution in [0, 0.1) is 0 Å². The van der Waals surface area contributed by atoms with E-state index in [9.17, 15) is 22.8 Å². The lowest BCUT2D eigenvalue weighted by Gasteiger charge is -2.51. The van der Waals surface area contributed by atoms with Crippen LogP contribution in [0.5, 0.6) is 0 Å². The fourth-order valence-corrected chi connectivity index (χ4v) is 4.59. The topological polar surface area (TPSA) is 49.4 Å². The molecular formula is C23H23F3N2O2. The molecule has 4 rings (SSSR count). The molecule has 1 saturated carbocycles. The largest absolute Gasteiger partial charge is 0.416 e. The zero-order valence-electron chi connectivity index (χ0n) is 16.4. The number of nitrogens with one attached hydrogen (secondary N) is 1. The number of alkyl halides is 3. The number of carbonyl (C=O) groups is 2. The van der Waals surface area contributed by atoms with Gasteiger partial charge in [0.05, 0.1) is 18.0 Å². The number of rotatable bonds is 5. The van der Waals surface area contributed by atoms with Gasteiger partial charge < -0.3 is 10.2 Å². The minimum atomic E-state index is -4.39. The first-order valence-corrected chi connectivity index (χ1v) is 10.1. The predicted molar refractivity (Wildman–Crippen MR) is 105 cm³/mol. The van der Waals surface area contributed by atoms with Crippen molar-refractivity contribution >= 4 is 11.8 Å². The first-order valence-electron chi connectivity index (χ1n) is 10.1. The highest BCUT2D eigenvalue weighted by Gasteiger charge is 2.55. The molecule has 1 aliphatic carbocycles. The smallest absolute Gasteiger partial charge is 0.350 e. The Balaban J connectivity index is 1.50. The molecule has 1 saturated heterocycles. The molecule has 2 aromatic carbocycles. The lowest BCUT2D eigenvalue weighted by Crippen LogP contribution is -2.65. The monoisotopic (exact) mass is 416 g/mol. The second-order valence-corrected chi connectivity index (χ2v) is 8.01. The molecule has 1 aliphatic heterocycles. The highest BCUT2D eigenvalue weighted by atomic mass is 19.4. The van der Waals surface area contributed by atoms with Crippen molar-refractivity contribution in [3.8, 4) is 0 Å². The Labute approximate surface area is 173 Å². The summed E-state index contributed by atoms with van der Waals surface area (Å²) in [6.45, 7) is 0.122. The van der Waals surface area contributed by atoms with E-state index in [4.69, 9.17) is 0 Å². The number of carbonyl (C=O) groups excluding carboxylic acids is 2. The van der Waals surface area contributed by atoms with E-state index in [-0.39, 0.29) is 24.4 Å². The van der Waals surface area contributed by atoms with Crippen LogP contribution in [0.2, 0.25) is 0 Å². The van der Waals surface area contributed by atoms with Crippen molar-refractivity contribution in [1.82, 2.24) is 10.2 Å². The molecule has 2 aliphatic rings. The third kappa shape index (κ3) is 3.68. The van der Waals surface area contributed by atoms with Crippen molar-refractivity contribution in [2.45, 2.75) is 56.4 Å². The summed E-state index contributed by atoms with van der Waals surface area (Å²) >= 11 is 0. The Hall–Kier alpha value is -2.83. The molecule has 0 spiro atoms. The Morgan fingerprint density at radius 2 is 1.67 bits per heavy atom. The zero-order chi connectivity index (χ0) is 21.4. The summed E-state index contributed by atoms with van der Waals surface area (Å²) in [5, 5.41) is 2.87. The standard InChI is InChI=1S/C23H23F3N2O2/c24-23(25,26)18-10-8-16(9-11-18)15-27-21(30)22(12-4-5-13-22)28-19(14-20(28)29)17-6-2-1-3-7-17/h1-3,6-11,19H,4-5,12-15H2,(H,27,30). The molecule has 0 bridgehead atoms. The number of halogens is 3. The normalized spacial score (nSPS) is 20.7.